The fourth-order valence-corrected chi connectivity index (χ4v) is 2.09. The van der Waals surface area contributed by atoms with Crippen LogP contribution in [0.25, 0.3) is 0 Å². The van der Waals surface area contributed by atoms with Gasteiger partial charge in [-0.25, -0.2) is 4.79 Å². The summed E-state index contributed by atoms with van der Waals surface area (Å²) in [7, 11) is 1.37. The second-order valence-corrected chi connectivity index (χ2v) is 4.72. The van der Waals surface area contributed by atoms with Gasteiger partial charge in [-0.3, -0.25) is 14.5 Å². The number of piperazine rings is 1. The zero-order chi connectivity index (χ0) is 15.1. The smallest absolute Gasteiger partial charge is 0.312 e. The maximum absolute atomic E-state index is 12.0. The van der Waals surface area contributed by atoms with Gasteiger partial charge in [0.1, 0.15) is 6.04 Å². The molecule has 20 heavy (non-hydrogen) atoms. The Balaban J connectivity index is 2.32. The van der Waals surface area contributed by atoms with Gasteiger partial charge in [0, 0.05) is 32.7 Å². The number of nitrogens with two attached hydrogens (primary N) is 1. The van der Waals surface area contributed by atoms with Crippen LogP contribution in [-0.2, 0) is 14.3 Å². The van der Waals surface area contributed by atoms with E-state index in [9.17, 15) is 14.4 Å². The summed E-state index contributed by atoms with van der Waals surface area (Å²) in [4.78, 5) is 37.6. The van der Waals surface area contributed by atoms with Gasteiger partial charge in [-0.15, -0.1) is 0 Å². The van der Waals surface area contributed by atoms with Crippen molar-refractivity contribution in [2.24, 2.45) is 5.73 Å². The lowest BCUT2D eigenvalue weighted by Gasteiger charge is -2.35. The number of ether oxygens (including phenoxy) is 1. The molecular formula is C12H22N4O4. The zero-order valence-electron chi connectivity index (χ0n) is 11.9. The van der Waals surface area contributed by atoms with E-state index in [2.05, 4.69) is 15.0 Å². The van der Waals surface area contributed by atoms with Crippen molar-refractivity contribution in [3.63, 3.8) is 0 Å². The number of hydrogen-bond acceptors (Lipinski definition) is 5. The van der Waals surface area contributed by atoms with Gasteiger partial charge in [0.2, 0.25) is 5.91 Å². The minimum Gasteiger partial charge on any atom is -0.469 e. The van der Waals surface area contributed by atoms with Gasteiger partial charge in [-0.1, -0.05) is 0 Å². The molecule has 8 heteroatoms. The molecule has 1 rings (SSSR count). The monoisotopic (exact) mass is 286 g/mol. The normalized spacial score (nSPS) is 17.4. The Bertz CT molecular complexity index is 366. The van der Waals surface area contributed by atoms with E-state index in [0.717, 1.165) is 0 Å². The minimum atomic E-state index is -0.706. The predicted octanol–water partition coefficient (Wildman–Crippen LogP) is -1.25. The molecule has 0 saturated carbocycles. The summed E-state index contributed by atoms with van der Waals surface area (Å²) >= 11 is 0. The molecule has 1 aliphatic heterocycles. The number of methoxy groups -OCH3 is 1. The highest BCUT2D eigenvalue weighted by atomic mass is 16.5. The van der Waals surface area contributed by atoms with Crippen molar-refractivity contribution in [3.8, 4) is 0 Å². The van der Waals surface area contributed by atoms with Crippen molar-refractivity contribution in [1.29, 1.82) is 0 Å². The van der Waals surface area contributed by atoms with Crippen LogP contribution in [0.15, 0.2) is 0 Å². The van der Waals surface area contributed by atoms with Gasteiger partial charge in [0.15, 0.2) is 0 Å². The number of carbonyl (C=O) groups is 3. The number of hydrogen-bond donors (Lipinski definition) is 2. The van der Waals surface area contributed by atoms with Crippen LogP contribution in [0.3, 0.4) is 0 Å². The molecule has 0 aromatic carbocycles. The summed E-state index contributed by atoms with van der Waals surface area (Å²) in [6.07, 6.45) is 0.351. The maximum Gasteiger partial charge on any atom is 0.312 e. The Morgan fingerprint density at radius 3 is 2.35 bits per heavy atom. The summed E-state index contributed by atoms with van der Waals surface area (Å²) in [5, 5.41) is 2.37. The Morgan fingerprint density at radius 2 is 1.85 bits per heavy atom. The molecule has 1 fully saturated rings. The Hall–Kier alpha value is -1.83. The van der Waals surface area contributed by atoms with Crippen LogP contribution >= 0.6 is 0 Å². The van der Waals surface area contributed by atoms with Crippen LogP contribution in [0.2, 0.25) is 0 Å². The molecular weight excluding hydrogens is 264 g/mol. The summed E-state index contributed by atoms with van der Waals surface area (Å²) in [5.74, 6) is -0.376. The molecule has 1 heterocycles. The number of primary amides is 1. The van der Waals surface area contributed by atoms with Crippen molar-refractivity contribution < 1.29 is 19.1 Å². The molecule has 0 aromatic rings. The molecule has 1 atom stereocenters. The summed E-state index contributed by atoms with van der Waals surface area (Å²) in [6, 6.07) is -1.32. The average Bonchev–Trinajstić information content (AvgIpc) is 2.43. The molecule has 1 unspecified atom stereocenters. The fraction of sp³-hybridized carbons (Fsp3) is 0.750. The van der Waals surface area contributed by atoms with E-state index in [0.29, 0.717) is 39.1 Å². The SMILES string of the molecule is COC(=O)CCN1CCN(C(=O)C(C)NC(N)=O)CC1. The molecule has 0 aliphatic carbocycles. The van der Waals surface area contributed by atoms with E-state index >= 15 is 0 Å². The molecule has 1 aliphatic rings. The fourth-order valence-electron chi connectivity index (χ4n) is 2.09. The molecule has 0 radical (unpaired) electrons. The van der Waals surface area contributed by atoms with Crippen LogP contribution in [0.1, 0.15) is 13.3 Å². The van der Waals surface area contributed by atoms with Crippen LogP contribution in [0.4, 0.5) is 4.79 Å². The summed E-state index contributed by atoms with van der Waals surface area (Å²) in [5.41, 5.74) is 4.99. The molecule has 8 nitrogen and oxygen atoms in total. The van der Waals surface area contributed by atoms with Gasteiger partial charge in [-0.05, 0) is 6.92 Å². The predicted molar refractivity (Wildman–Crippen MR) is 71.8 cm³/mol. The highest BCUT2D eigenvalue weighted by Crippen LogP contribution is 2.05. The van der Waals surface area contributed by atoms with Crippen LogP contribution in [0.5, 0.6) is 0 Å². The van der Waals surface area contributed by atoms with Crippen molar-refractivity contribution in [2.75, 3.05) is 39.8 Å². The zero-order valence-corrected chi connectivity index (χ0v) is 11.9. The average molecular weight is 286 g/mol. The van der Waals surface area contributed by atoms with Crippen molar-refractivity contribution >= 4 is 17.9 Å². The minimum absolute atomic E-state index is 0.142. The number of urea groups is 1. The van der Waals surface area contributed by atoms with Gasteiger partial charge in [0.25, 0.3) is 0 Å². The topological polar surface area (TPSA) is 105 Å². The largest absolute Gasteiger partial charge is 0.469 e. The van der Waals surface area contributed by atoms with Crippen LogP contribution in [0, 0.1) is 0 Å². The number of nitrogens with one attached hydrogen (secondary N) is 1. The number of rotatable bonds is 5. The molecule has 0 bridgehead atoms. The lowest BCUT2D eigenvalue weighted by Crippen LogP contribution is -2.54. The molecule has 0 spiro atoms. The molecule has 3 amide bonds. The molecule has 1 saturated heterocycles. The van der Waals surface area contributed by atoms with Crippen molar-refractivity contribution in [3.05, 3.63) is 0 Å². The van der Waals surface area contributed by atoms with Gasteiger partial charge < -0.3 is 20.7 Å². The number of esters is 1. The third-order valence-electron chi connectivity index (χ3n) is 3.27. The highest BCUT2D eigenvalue weighted by Gasteiger charge is 2.25. The third-order valence-corrected chi connectivity index (χ3v) is 3.27. The summed E-state index contributed by atoms with van der Waals surface area (Å²) in [6.45, 7) is 4.79. The number of carbonyl (C=O) groups excluding carboxylic acids is 3. The third kappa shape index (κ3) is 5.04. The number of nitrogens with zero attached hydrogens (tertiary/aromatic N) is 2. The maximum atomic E-state index is 12.0. The van der Waals surface area contributed by atoms with Crippen LogP contribution < -0.4 is 11.1 Å². The Kier molecular flexibility index (Phi) is 6.23. The first-order chi connectivity index (χ1) is 9.43. The van der Waals surface area contributed by atoms with Crippen LogP contribution in [-0.4, -0.2) is 73.6 Å². The first-order valence-corrected chi connectivity index (χ1v) is 6.58. The Morgan fingerprint density at radius 1 is 1.25 bits per heavy atom. The van der Waals surface area contributed by atoms with E-state index in [-0.39, 0.29) is 11.9 Å². The van der Waals surface area contributed by atoms with Crippen molar-refractivity contribution in [2.45, 2.75) is 19.4 Å². The Labute approximate surface area is 118 Å². The highest BCUT2D eigenvalue weighted by molar-refractivity contribution is 5.86. The first kappa shape index (κ1) is 16.2. The molecule has 0 aromatic heterocycles. The second-order valence-electron chi connectivity index (χ2n) is 4.72. The van der Waals surface area contributed by atoms with E-state index in [1.54, 1.807) is 11.8 Å². The van der Waals surface area contributed by atoms with E-state index in [1.165, 1.54) is 7.11 Å². The van der Waals surface area contributed by atoms with E-state index < -0.39 is 12.1 Å². The quantitative estimate of drug-likeness (QED) is 0.614. The summed E-state index contributed by atoms with van der Waals surface area (Å²) < 4.78 is 4.59. The van der Waals surface area contributed by atoms with E-state index in [4.69, 9.17) is 5.73 Å². The molecule has 114 valence electrons. The van der Waals surface area contributed by atoms with E-state index in [1.807, 2.05) is 0 Å². The lowest BCUT2D eigenvalue weighted by molar-refractivity contribution is -0.141. The number of amides is 3. The molecule has 3 N–H and O–H groups in total. The first-order valence-electron chi connectivity index (χ1n) is 6.58. The standard InChI is InChI=1S/C12H22N4O4/c1-9(14-12(13)19)11(18)16-7-5-15(6-8-16)4-3-10(17)20-2/h9H,3-8H2,1-2H3,(H3,13,14,19). The second kappa shape index (κ2) is 7.68. The van der Waals surface area contributed by atoms with Gasteiger partial charge in [0.05, 0.1) is 13.5 Å². The van der Waals surface area contributed by atoms with Gasteiger partial charge in [-0.2, -0.15) is 0 Å². The van der Waals surface area contributed by atoms with Crippen molar-refractivity contribution in [1.82, 2.24) is 15.1 Å². The lowest BCUT2D eigenvalue weighted by atomic mass is 10.2. The van der Waals surface area contributed by atoms with Gasteiger partial charge >= 0.3 is 12.0 Å².